The van der Waals surface area contributed by atoms with E-state index in [-0.39, 0.29) is 24.1 Å². The molecule has 0 saturated carbocycles. The normalized spacial score (nSPS) is 10.4. The number of nitrogens with one attached hydrogen (secondary N) is 2. The maximum Gasteiger partial charge on any atom is 0.291 e. The molecule has 2 amide bonds. The summed E-state index contributed by atoms with van der Waals surface area (Å²) in [7, 11) is 0. The van der Waals surface area contributed by atoms with Crippen molar-refractivity contribution in [3.63, 3.8) is 0 Å². The van der Waals surface area contributed by atoms with E-state index in [1.54, 1.807) is 36.4 Å². The highest BCUT2D eigenvalue weighted by Gasteiger charge is 2.12. The Morgan fingerprint density at radius 2 is 1.62 bits per heavy atom. The van der Waals surface area contributed by atoms with Crippen LogP contribution in [0.15, 0.2) is 69.6 Å². The maximum absolute atomic E-state index is 12.2. The Bertz CT molecular complexity index is 915. The highest BCUT2D eigenvalue weighted by atomic mass is 79.9. The fourth-order valence-corrected chi connectivity index (χ4v) is 2.56. The van der Waals surface area contributed by atoms with Crippen LogP contribution in [0.25, 0.3) is 0 Å². The van der Waals surface area contributed by atoms with Gasteiger partial charge in [-0.2, -0.15) is 0 Å². The average molecular weight is 413 g/mol. The van der Waals surface area contributed by atoms with Crippen molar-refractivity contribution < 1.29 is 14.0 Å². The number of aryl methyl sites for hydroxylation is 1. The molecule has 0 aliphatic carbocycles. The van der Waals surface area contributed by atoms with Crippen LogP contribution in [0.2, 0.25) is 0 Å². The molecule has 0 fully saturated rings. The molecule has 0 spiro atoms. The van der Waals surface area contributed by atoms with E-state index in [1.165, 1.54) is 0 Å². The van der Waals surface area contributed by atoms with Crippen molar-refractivity contribution in [1.82, 2.24) is 5.32 Å². The van der Waals surface area contributed by atoms with Gasteiger partial charge in [0.05, 0.1) is 6.54 Å². The Balaban J connectivity index is 1.57. The topological polar surface area (TPSA) is 71.3 Å². The molecule has 5 nitrogen and oxygen atoms in total. The average Bonchev–Trinajstić information content (AvgIpc) is 3.11. The van der Waals surface area contributed by atoms with E-state index in [0.29, 0.717) is 17.0 Å². The van der Waals surface area contributed by atoms with Crippen molar-refractivity contribution in [1.29, 1.82) is 0 Å². The summed E-state index contributed by atoms with van der Waals surface area (Å²) in [4.78, 5) is 24.3. The van der Waals surface area contributed by atoms with Gasteiger partial charge in [-0.15, -0.1) is 0 Å². The number of carbonyl (C=O) groups is 2. The Labute approximate surface area is 159 Å². The van der Waals surface area contributed by atoms with Gasteiger partial charge in [-0.05, 0) is 55.5 Å². The number of benzene rings is 2. The molecule has 26 heavy (non-hydrogen) atoms. The molecule has 0 atom stereocenters. The number of halogens is 1. The highest BCUT2D eigenvalue weighted by Crippen LogP contribution is 2.16. The van der Waals surface area contributed by atoms with Gasteiger partial charge in [0.2, 0.25) is 0 Å². The molecule has 132 valence electrons. The molecular weight excluding hydrogens is 396 g/mol. The van der Waals surface area contributed by atoms with Crippen LogP contribution >= 0.6 is 15.9 Å². The van der Waals surface area contributed by atoms with Crippen LogP contribution in [0.4, 0.5) is 5.69 Å². The van der Waals surface area contributed by atoms with Crippen molar-refractivity contribution in [2.75, 3.05) is 5.32 Å². The molecule has 0 aliphatic rings. The molecule has 3 aromatic rings. The van der Waals surface area contributed by atoms with Gasteiger partial charge in [0.15, 0.2) is 5.76 Å². The lowest BCUT2D eigenvalue weighted by atomic mass is 10.1. The molecule has 6 heteroatoms. The second kappa shape index (κ2) is 8.01. The van der Waals surface area contributed by atoms with Crippen LogP contribution in [0.5, 0.6) is 0 Å². The van der Waals surface area contributed by atoms with Gasteiger partial charge in [0, 0.05) is 15.7 Å². The fourth-order valence-electron chi connectivity index (χ4n) is 2.30. The third-order valence-electron chi connectivity index (χ3n) is 3.72. The lowest BCUT2D eigenvalue weighted by molar-refractivity contribution is 0.0948. The van der Waals surface area contributed by atoms with Gasteiger partial charge >= 0.3 is 0 Å². The van der Waals surface area contributed by atoms with Gasteiger partial charge < -0.3 is 15.1 Å². The van der Waals surface area contributed by atoms with Gasteiger partial charge in [0.1, 0.15) is 5.76 Å². The first-order valence-corrected chi connectivity index (χ1v) is 8.81. The highest BCUT2D eigenvalue weighted by molar-refractivity contribution is 9.10. The molecule has 0 unspecified atom stereocenters. The zero-order valence-electron chi connectivity index (χ0n) is 14.1. The Hall–Kier alpha value is -2.86. The standard InChI is InChI=1S/C20H17BrN2O3/c1-13-2-4-14(5-3-13)19(24)22-12-17-10-11-18(26-17)20(25)23-16-8-6-15(21)7-9-16/h2-11H,12H2,1H3,(H,22,24)(H,23,25). The summed E-state index contributed by atoms with van der Waals surface area (Å²) in [6.07, 6.45) is 0. The number of hydrogen-bond acceptors (Lipinski definition) is 3. The summed E-state index contributed by atoms with van der Waals surface area (Å²) in [5, 5.41) is 5.53. The second-order valence-corrected chi connectivity index (χ2v) is 6.69. The number of rotatable bonds is 5. The summed E-state index contributed by atoms with van der Waals surface area (Å²) in [5.74, 6) is 0.157. The molecule has 0 saturated heterocycles. The van der Waals surface area contributed by atoms with Crippen molar-refractivity contribution in [2.24, 2.45) is 0 Å². The van der Waals surface area contributed by atoms with E-state index in [1.807, 2.05) is 31.2 Å². The maximum atomic E-state index is 12.2. The second-order valence-electron chi connectivity index (χ2n) is 5.78. The van der Waals surface area contributed by atoms with Crippen LogP contribution in [0, 0.1) is 6.92 Å². The van der Waals surface area contributed by atoms with E-state index in [0.717, 1.165) is 10.0 Å². The quantitative estimate of drug-likeness (QED) is 0.646. The Kier molecular flexibility index (Phi) is 5.53. The number of amides is 2. The number of anilines is 1. The first-order chi connectivity index (χ1) is 12.5. The largest absolute Gasteiger partial charge is 0.454 e. The number of carbonyl (C=O) groups excluding carboxylic acids is 2. The molecule has 1 aromatic heterocycles. The fraction of sp³-hybridized carbons (Fsp3) is 0.100. The predicted octanol–water partition coefficient (Wildman–Crippen LogP) is 4.53. The van der Waals surface area contributed by atoms with Crippen LogP contribution in [0.3, 0.4) is 0 Å². The van der Waals surface area contributed by atoms with E-state index < -0.39 is 0 Å². The third kappa shape index (κ3) is 4.61. The SMILES string of the molecule is Cc1ccc(C(=O)NCc2ccc(C(=O)Nc3ccc(Br)cc3)o2)cc1. The van der Waals surface area contributed by atoms with Crippen LogP contribution < -0.4 is 10.6 Å². The zero-order valence-corrected chi connectivity index (χ0v) is 15.7. The van der Waals surface area contributed by atoms with Crippen molar-refractivity contribution in [3.8, 4) is 0 Å². The van der Waals surface area contributed by atoms with Crippen LogP contribution in [-0.2, 0) is 6.54 Å². The van der Waals surface area contributed by atoms with Crippen molar-refractivity contribution in [2.45, 2.75) is 13.5 Å². The van der Waals surface area contributed by atoms with Crippen LogP contribution in [-0.4, -0.2) is 11.8 Å². The lowest BCUT2D eigenvalue weighted by Crippen LogP contribution is -2.22. The van der Waals surface area contributed by atoms with E-state index >= 15 is 0 Å². The minimum atomic E-state index is -0.344. The van der Waals surface area contributed by atoms with E-state index in [9.17, 15) is 9.59 Å². The molecule has 0 aliphatic heterocycles. The first-order valence-electron chi connectivity index (χ1n) is 8.02. The minimum Gasteiger partial charge on any atom is -0.454 e. The van der Waals surface area contributed by atoms with Gasteiger partial charge in [-0.25, -0.2) is 0 Å². The molecule has 0 radical (unpaired) electrons. The van der Waals surface area contributed by atoms with Gasteiger partial charge in [-0.3, -0.25) is 9.59 Å². The smallest absolute Gasteiger partial charge is 0.291 e. The van der Waals surface area contributed by atoms with Crippen molar-refractivity contribution in [3.05, 3.63) is 87.8 Å². The summed E-state index contributed by atoms with van der Waals surface area (Å²) in [5.41, 5.74) is 2.34. The lowest BCUT2D eigenvalue weighted by Gasteiger charge is -2.04. The predicted molar refractivity (Wildman–Crippen MR) is 103 cm³/mol. The molecule has 0 bridgehead atoms. The van der Waals surface area contributed by atoms with Gasteiger partial charge in [-0.1, -0.05) is 33.6 Å². The first kappa shape index (κ1) is 17.9. The number of hydrogen-bond donors (Lipinski definition) is 2. The van der Waals surface area contributed by atoms with Crippen molar-refractivity contribution >= 4 is 33.4 Å². The zero-order chi connectivity index (χ0) is 18.5. The van der Waals surface area contributed by atoms with E-state index in [2.05, 4.69) is 26.6 Å². The monoisotopic (exact) mass is 412 g/mol. The van der Waals surface area contributed by atoms with Crippen LogP contribution in [0.1, 0.15) is 32.2 Å². The third-order valence-corrected chi connectivity index (χ3v) is 4.25. The molecule has 3 rings (SSSR count). The summed E-state index contributed by atoms with van der Waals surface area (Å²) >= 11 is 3.34. The molecule has 2 N–H and O–H groups in total. The molecule has 1 heterocycles. The number of furan rings is 1. The summed E-state index contributed by atoms with van der Waals surface area (Å²) < 4.78 is 6.44. The summed E-state index contributed by atoms with van der Waals surface area (Å²) in [6, 6.07) is 17.8. The Morgan fingerprint density at radius 3 is 2.31 bits per heavy atom. The van der Waals surface area contributed by atoms with Gasteiger partial charge in [0.25, 0.3) is 11.8 Å². The molecule has 2 aromatic carbocycles. The Morgan fingerprint density at radius 1 is 0.923 bits per heavy atom. The summed E-state index contributed by atoms with van der Waals surface area (Å²) in [6.45, 7) is 2.17. The molecular formula is C20H17BrN2O3. The minimum absolute atomic E-state index is 0.188. The van der Waals surface area contributed by atoms with E-state index in [4.69, 9.17) is 4.42 Å².